The standard InChI is InChI=1S/C10H12N4O2S/c1-3-16-10-12-9(13-14-10)11-8(15)7-6(2)4-5-17-7/h4-5H,3H2,1-2H3,(H2,11,12,13,14,15). The first kappa shape index (κ1) is 11.6. The van der Waals surface area contributed by atoms with Gasteiger partial charge in [-0.25, -0.2) is 5.10 Å². The van der Waals surface area contributed by atoms with Crippen molar-refractivity contribution in [1.82, 2.24) is 15.2 Å². The Hall–Kier alpha value is -1.89. The summed E-state index contributed by atoms with van der Waals surface area (Å²) in [5, 5.41) is 10.9. The van der Waals surface area contributed by atoms with Gasteiger partial charge in [-0.1, -0.05) is 0 Å². The van der Waals surface area contributed by atoms with Crippen LogP contribution in [0.2, 0.25) is 0 Å². The third-order valence-corrected chi connectivity index (χ3v) is 3.05. The molecule has 1 amide bonds. The van der Waals surface area contributed by atoms with Gasteiger partial charge < -0.3 is 4.74 Å². The Balaban J connectivity index is 2.05. The van der Waals surface area contributed by atoms with Crippen molar-refractivity contribution in [2.24, 2.45) is 0 Å². The van der Waals surface area contributed by atoms with E-state index in [1.54, 1.807) is 0 Å². The van der Waals surface area contributed by atoms with E-state index < -0.39 is 0 Å². The van der Waals surface area contributed by atoms with E-state index in [9.17, 15) is 4.79 Å². The van der Waals surface area contributed by atoms with Gasteiger partial charge in [-0.05, 0) is 30.9 Å². The van der Waals surface area contributed by atoms with Crippen LogP contribution in [0.4, 0.5) is 5.95 Å². The molecule has 0 aliphatic rings. The second kappa shape index (κ2) is 4.96. The van der Waals surface area contributed by atoms with Crippen molar-refractivity contribution in [2.45, 2.75) is 13.8 Å². The van der Waals surface area contributed by atoms with E-state index in [0.717, 1.165) is 5.56 Å². The summed E-state index contributed by atoms with van der Waals surface area (Å²) in [6.07, 6.45) is 0. The van der Waals surface area contributed by atoms with E-state index in [4.69, 9.17) is 4.74 Å². The maximum Gasteiger partial charge on any atom is 0.337 e. The molecule has 2 aromatic rings. The summed E-state index contributed by atoms with van der Waals surface area (Å²) >= 11 is 1.39. The average molecular weight is 252 g/mol. The molecule has 2 aromatic heterocycles. The van der Waals surface area contributed by atoms with Crippen LogP contribution in [0.1, 0.15) is 22.2 Å². The predicted octanol–water partition coefficient (Wildman–Crippen LogP) is 1.83. The van der Waals surface area contributed by atoms with Crippen LogP contribution in [0.5, 0.6) is 6.01 Å². The Morgan fingerprint density at radius 3 is 3.12 bits per heavy atom. The van der Waals surface area contributed by atoms with Crippen molar-refractivity contribution in [1.29, 1.82) is 0 Å². The van der Waals surface area contributed by atoms with Crippen molar-refractivity contribution >= 4 is 23.2 Å². The molecule has 0 saturated heterocycles. The summed E-state index contributed by atoms with van der Waals surface area (Å²) in [4.78, 5) is 16.5. The summed E-state index contributed by atoms with van der Waals surface area (Å²) in [5.41, 5.74) is 0.942. The van der Waals surface area contributed by atoms with Gasteiger partial charge in [-0.3, -0.25) is 10.1 Å². The molecule has 90 valence electrons. The van der Waals surface area contributed by atoms with Crippen molar-refractivity contribution < 1.29 is 9.53 Å². The molecule has 2 rings (SSSR count). The molecule has 0 fully saturated rings. The third-order valence-electron chi connectivity index (χ3n) is 2.04. The van der Waals surface area contributed by atoms with Crippen LogP contribution in [-0.4, -0.2) is 27.7 Å². The van der Waals surface area contributed by atoms with Crippen LogP contribution < -0.4 is 10.1 Å². The molecule has 0 unspecified atom stereocenters. The molecule has 0 bridgehead atoms. The normalized spacial score (nSPS) is 10.2. The monoisotopic (exact) mass is 252 g/mol. The number of carbonyl (C=O) groups is 1. The third kappa shape index (κ3) is 2.62. The summed E-state index contributed by atoms with van der Waals surface area (Å²) in [7, 11) is 0. The molecule has 0 saturated carbocycles. The minimum Gasteiger partial charge on any atom is -0.463 e. The highest BCUT2D eigenvalue weighted by atomic mass is 32.1. The van der Waals surface area contributed by atoms with Gasteiger partial charge in [0.2, 0.25) is 5.95 Å². The van der Waals surface area contributed by atoms with Gasteiger partial charge in [0.1, 0.15) is 0 Å². The maximum atomic E-state index is 11.8. The summed E-state index contributed by atoms with van der Waals surface area (Å²) < 4.78 is 5.08. The molecule has 2 heterocycles. The number of thiophene rings is 1. The number of hydrogen-bond donors (Lipinski definition) is 2. The van der Waals surface area contributed by atoms with Crippen molar-refractivity contribution in [3.05, 3.63) is 21.9 Å². The average Bonchev–Trinajstić information content (AvgIpc) is 2.88. The second-order valence-electron chi connectivity index (χ2n) is 3.29. The Kier molecular flexibility index (Phi) is 3.38. The van der Waals surface area contributed by atoms with Gasteiger partial charge in [0.15, 0.2) is 0 Å². The maximum absolute atomic E-state index is 11.8. The first-order chi connectivity index (χ1) is 8.20. The number of H-pyrrole nitrogens is 1. The van der Waals surface area contributed by atoms with Crippen molar-refractivity contribution in [2.75, 3.05) is 11.9 Å². The Labute approximate surface area is 102 Å². The van der Waals surface area contributed by atoms with E-state index in [0.29, 0.717) is 11.5 Å². The minimum absolute atomic E-state index is 0.198. The second-order valence-corrected chi connectivity index (χ2v) is 4.20. The van der Waals surface area contributed by atoms with Crippen LogP contribution in [-0.2, 0) is 0 Å². The summed E-state index contributed by atoms with van der Waals surface area (Å²) in [5.74, 6) is 0.0861. The molecule has 0 aliphatic carbocycles. The van der Waals surface area contributed by atoms with Crippen LogP contribution in [0.25, 0.3) is 0 Å². The number of aromatic nitrogens is 3. The number of nitrogens with zero attached hydrogens (tertiary/aromatic N) is 2. The molecule has 0 aromatic carbocycles. The number of nitrogens with one attached hydrogen (secondary N) is 2. The molecule has 0 spiro atoms. The number of anilines is 1. The topological polar surface area (TPSA) is 79.9 Å². The highest BCUT2D eigenvalue weighted by Gasteiger charge is 2.13. The SMILES string of the molecule is CCOc1n[nH]c(NC(=O)c2sccc2C)n1. The quantitative estimate of drug-likeness (QED) is 0.869. The van der Waals surface area contributed by atoms with Gasteiger partial charge in [-0.15, -0.1) is 16.4 Å². The molecule has 6 nitrogen and oxygen atoms in total. The number of rotatable bonds is 4. The minimum atomic E-state index is -0.198. The number of amides is 1. The van der Waals surface area contributed by atoms with E-state index >= 15 is 0 Å². The molecule has 17 heavy (non-hydrogen) atoms. The fraction of sp³-hybridized carbons (Fsp3) is 0.300. The molecule has 0 atom stereocenters. The fourth-order valence-electron chi connectivity index (χ4n) is 1.27. The number of aryl methyl sites for hydroxylation is 1. The predicted molar refractivity (Wildman–Crippen MR) is 64.6 cm³/mol. The zero-order valence-corrected chi connectivity index (χ0v) is 10.3. The summed E-state index contributed by atoms with van der Waals surface area (Å²) in [6, 6.07) is 2.12. The van der Waals surface area contributed by atoms with Crippen molar-refractivity contribution in [3.8, 4) is 6.01 Å². The smallest absolute Gasteiger partial charge is 0.337 e. The van der Waals surface area contributed by atoms with E-state index in [2.05, 4.69) is 20.5 Å². The first-order valence-corrected chi connectivity index (χ1v) is 5.99. The molecular formula is C10H12N4O2S. The van der Waals surface area contributed by atoms with Crippen LogP contribution in [0.3, 0.4) is 0 Å². The Morgan fingerprint density at radius 2 is 2.47 bits per heavy atom. The first-order valence-electron chi connectivity index (χ1n) is 5.11. The highest BCUT2D eigenvalue weighted by molar-refractivity contribution is 7.12. The largest absolute Gasteiger partial charge is 0.463 e. The van der Waals surface area contributed by atoms with E-state index in [1.165, 1.54) is 11.3 Å². The van der Waals surface area contributed by atoms with Crippen LogP contribution in [0, 0.1) is 6.92 Å². The van der Waals surface area contributed by atoms with Crippen molar-refractivity contribution in [3.63, 3.8) is 0 Å². The zero-order chi connectivity index (χ0) is 12.3. The zero-order valence-electron chi connectivity index (χ0n) is 9.48. The van der Waals surface area contributed by atoms with E-state index in [1.807, 2.05) is 25.3 Å². The van der Waals surface area contributed by atoms with Crippen LogP contribution in [0.15, 0.2) is 11.4 Å². The lowest BCUT2D eigenvalue weighted by Gasteiger charge is -1.99. The molecular weight excluding hydrogens is 240 g/mol. The van der Waals surface area contributed by atoms with Crippen LogP contribution >= 0.6 is 11.3 Å². The highest BCUT2D eigenvalue weighted by Crippen LogP contribution is 2.17. The van der Waals surface area contributed by atoms with Gasteiger partial charge in [0.25, 0.3) is 5.91 Å². The molecule has 2 N–H and O–H groups in total. The summed E-state index contributed by atoms with van der Waals surface area (Å²) in [6.45, 7) is 4.20. The number of hydrogen-bond acceptors (Lipinski definition) is 5. The Morgan fingerprint density at radius 1 is 1.65 bits per heavy atom. The molecule has 0 aliphatic heterocycles. The number of ether oxygens (including phenoxy) is 1. The van der Waals surface area contributed by atoms with Gasteiger partial charge in [0, 0.05) is 0 Å². The van der Waals surface area contributed by atoms with Gasteiger partial charge >= 0.3 is 6.01 Å². The lowest BCUT2D eigenvalue weighted by molar-refractivity contribution is 0.102. The number of aromatic amines is 1. The molecule has 7 heteroatoms. The van der Waals surface area contributed by atoms with Gasteiger partial charge in [-0.2, -0.15) is 4.98 Å². The Bertz CT molecular complexity index is 520. The lowest BCUT2D eigenvalue weighted by atomic mass is 10.3. The van der Waals surface area contributed by atoms with E-state index in [-0.39, 0.29) is 17.9 Å². The lowest BCUT2D eigenvalue weighted by Crippen LogP contribution is -2.12. The molecule has 0 radical (unpaired) electrons. The fourth-order valence-corrected chi connectivity index (χ4v) is 2.09. The van der Waals surface area contributed by atoms with Gasteiger partial charge in [0.05, 0.1) is 11.5 Å². The number of carbonyl (C=O) groups excluding carboxylic acids is 1.